The minimum Gasteiger partial charge on any atom is -0.462 e. The zero-order chi connectivity index (χ0) is 10.6. The van der Waals surface area contributed by atoms with Gasteiger partial charge in [0.1, 0.15) is 0 Å². The molecule has 14 heavy (non-hydrogen) atoms. The first kappa shape index (κ1) is 11.5. The van der Waals surface area contributed by atoms with Gasteiger partial charge in [-0.3, -0.25) is 4.79 Å². The van der Waals surface area contributed by atoms with E-state index in [4.69, 9.17) is 4.74 Å². The number of carbonyl (C=O) groups is 1. The van der Waals surface area contributed by atoms with Crippen LogP contribution >= 0.6 is 0 Å². The van der Waals surface area contributed by atoms with Crippen LogP contribution in [0.2, 0.25) is 0 Å². The van der Waals surface area contributed by atoms with Crippen molar-refractivity contribution in [3.63, 3.8) is 0 Å². The van der Waals surface area contributed by atoms with Gasteiger partial charge >= 0.3 is 5.97 Å². The minimum atomic E-state index is -0.147. The number of esters is 1. The van der Waals surface area contributed by atoms with Gasteiger partial charge < -0.3 is 10.1 Å². The van der Waals surface area contributed by atoms with Crippen LogP contribution in [0.4, 0.5) is 0 Å². The van der Waals surface area contributed by atoms with E-state index in [1.807, 2.05) is 13.8 Å². The molecule has 0 radical (unpaired) electrons. The second-order valence-electron chi connectivity index (χ2n) is 4.40. The van der Waals surface area contributed by atoms with Crippen molar-refractivity contribution in [3.8, 4) is 0 Å². The lowest BCUT2D eigenvalue weighted by Gasteiger charge is -2.31. The van der Waals surface area contributed by atoms with Crippen LogP contribution < -0.4 is 5.32 Å². The van der Waals surface area contributed by atoms with Gasteiger partial charge in [-0.1, -0.05) is 6.42 Å². The fourth-order valence-corrected chi connectivity index (χ4v) is 1.66. The van der Waals surface area contributed by atoms with Crippen LogP contribution in [0, 0.1) is 5.92 Å². The molecule has 1 unspecified atom stereocenters. The fourth-order valence-electron chi connectivity index (χ4n) is 1.66. The molecule has 0 saturated heterocycles. The summed E-state index contributed by atoms with van der Waals surface area (Å²) in [5.74, 6) is 0.619. The molecule has 1 rings (SSSR count). The maximum atomic E-state index is 11.2. The van der Waals surface area contributed by atoms with Crippen molar-refractivity contribution in [2.24, 2.45) is 5.92 Å². The molecule has 1 aliphatic carbocycles. The molecule has 3 heteroatoms. The third-order valence-corrected chi connectivity index (χ3v) is 2.79. The van der Waals surface area contributed by atoms with E-state index in [9.17, 15) is 4.79 Å². The van der Waals surface area contributed by atoms with E-state index in [1.54, 1.807) is 0 Å². The summed E-state index contributed by atoms with van der Waals surface area (Å²) in [5.41, 5.74) is 0. The summed E-state index contributed by atoms with van der Waals surface area (Å²) in [4.78, 5) is 11.2. The quantitative estimate of drug-likeness (QED) is 0.685. The molecule has 0 spiro atoms. The highest BCUT2D eigenvalue weighted by molar-refractivity contribution is 5.71. The maximum absolute atomic E-state index is 11.2. The van der Waals surface area contributed by atoms with E-state index in [0.29, 0.717) is 12.6 Å². The molecule has 0 heterocycles. The number of ether oxygens (including phenoxy) is 1. The number of hydrogen-bond donors (Lipinski definition) is 1. The Bertz CT molecular complexity index is 188. The fraction of sp³-hybridized carbons (Fsp3) is 0.909. The number of rotatable bonds is 5. The minimum absolute atomic E-state index is 0.0108. The highest BCUT2D eigenvalue weighted by Gasteiger charge is 2.23. The average molecular weight is 199 g/mol. The highest BCUT2D eigenvalue weighted by atomic mass is 16.5. The van der Waals surface area contributed by atoms with Gasteiger partial charge in [-0.15, -0.1) is 0 Å². The van der Waals surface area contributed by atoms with Gasteiger partial charge in [-0.25, -0.2) is 0 Å². The van der Waals surface area contributed by atoms with Gasteiger partial charge in [0.25, 0.3) is 0 Å². The average Bonchev–Trinajstić information content (AvgIpc) is 1.96. The first-order valence-electron chi connectivity index (χ1n) is 5.52. The first-order valence-corrected chi connectivity index (χ1v) is 5.52. The van der Waals surface area contributed by atoms with E-state index in [0.717, 1.165) is 5.92 Å². The largest absolute Gasteiger partial charge is 0.462 e. The van der Waals surface area contributed by atoms with Gasteiger partial charge in [-0.2, -0.15) is 0 Å². The van der Waals surface area contributed by atoms with Gasteiger partial charge in [-0.05, 0) is 39.5 Å². The van der Waals surface area contributed by atoms with Crippen LogP contribution in [0.1, 0.15) is 40.0 Å². The van der Waals surface area contributed by atoms with Crippen LogP contribution in [-0.2, 0) is 9.53 Å². The van der Waals surface area contributed by atoms with Crippen molar-refractivity contribution in [3.05, 3.63) is 0 Å². The van der Waals surface area contributed by atoms with Gasteiger partial charge in [0.05, 0.1) is 12.6 Å². The van der Waals surface area contributed by atoms with Gasteiger partial charge in [0.2, 0.25) is 0 Å². The van der Waals surface area contributed by atoms with Gasteiger partial charge in [0.15, 0.2) is 0 Å². The van der Waals surface area contributed by atoms with Gasteiger partial charge in [0, 0.05) is 6.04 Å². The van der Waals surface area contributed by atoms with Crippen molar-refractivity contribution < 1.29 is 9.53 Å². The SMILES string of the molecule is CC(C)OC(=O)CNC(C)C1CCC1. The summed E-state index contributed by atoms with van der Waals surface area (Å²) in [6, 6.07) is 0.448. The molecule has 0 aromatic heterocycles. The topological polar surface area (TPSA) is 38.3 Å². The Morgan fingerprint density at radius 3 is 2.50 bits per heavy atom. The Morgan fingerprint density at radius 1 is 1.43 bits per heavy atom. The predicted molar refractivity (Wildman–Crippen MR) is 56.0 cm³/mol. The van der Waals surface area contributed by atoms with Crippen molar-refractivity contribution in [2.75, 3.05) is 6.54 Å². The molecule has 82 valence electrons. The van der Waals surface area contributed by atoms with Crippen LogP contribution in [-0.4, -0.2) is 24.7 Å². The van der Waals surface area contributed by atoms with E-state index < -0.39 is 0 Å². The third-order valence-electron chi connectivity index (χ3n) is 2.79. The zero-order valence-corrected chi connectivity index (χ0v) is 9.38. The number of hydrogen-bond acceptors (Lipinski definition) is 3. The van der Waals surface area contributed by atoms with Crippen LogP contribution in [0.3, 0.4) is 0 Å². The summed E-state index contributed by atoms with van der Waals surface area (Å²) in [7, 11) is 0. The highest BCUT2D eigenvalue weighted by Crippen LogP contribution is 2.29. The lowest BCUT2D eigenvalue weighted by atomic mass is 9.80. The van der Waals surface area contributed by atoms with E-state index >= 15 is 0 Å². The van der Waals surface area contributed by atoms with E-state index in [1.165, 1.54) is 19.3 Å². The third kappa shape index (κ3) is 3.66. The molecule has 1 N–H and O–H groups in total. The Morgan fingerprint density at radius 2 is 2.07 bits per heavy atom. The molecule has 1 atom stereocenters. The molecule has 1 fully saturated rings. The molecule has 1 saturated carbocycles. The zero-order valence-electron chi connectivity index (χ0n) is 9.38. The van der Waals surface area contributed by atoms with Crippen molar-refractivity contribution in [1.82, 2.24) is 5.32 Å². The summed E-state index contributed by atoms with van der Waals surface area (Å²) < 4.78 is 5.03. The monoisotopic (exact) mass is 199 g/mol. The smallest absolute Gasteiger partial charge is 0.320 e. The normalized spacial score (nSPS) is 19.1. The van der Waals surface area contributed by atoms with Crippen molar-refractivity contribution in [2.45, 2.75) is 52.2 Å². The number of nitrogens with one attached hydrogen (secondary N) is 1. The molecule has 0 aliphatic heterocycles. The Labute approximate surface area is 86.2 Å². The summed E-state index contributed by atoms with van der Waals surface area (Å²) in [6.45, 7) is 6.23. The standard InChI is InChI=1S/C11H21NO2/c1-8(2)14-11(13)7-12-9(3)10-5-4-6-10/h8-10,12H,4-7H2,1-3H3. The maximum Gasteiger partial charge on any atom is 0.320 e. The second-order valence-corrected chi connectivity index (χ2v) is 4.40. The van der Waals surface area contributed by atoms with Crippen LogP contribution in [0.25, 0.3) is 0 Å². The molecule has 1 aliphatic rings. The van der Waals surface area contributed by atoms with E-state index in [2.05, 4.69) is 12.2 Å². The molecule has 0 amide bonds. The first-order chi connectivity index (χ1) is 6.59. The van der Waals surface area contributed by atoms with Crippen LogP contribution in [0.15, 0.2) is 0 Å². The molecular weight excluding hydrogens is 178 g/mol. The lowest BCUT2D eigenvalue weighted by molar-refractivity contribution is -0.146. The second kappa shape index (κ2) is 5.35. The summed E-state index contributed by atoms with van der Waals surface area (Å²) in [5, 5.41) is 3.22. The summed E-state index contributed by atoms with van der Waals surface area (Å²) in [6.07, 6.45) is 3.93. The van der Waals surface area contributed by atoms with Crippen molar-refractivity contribution >= 4 is 5.97 Å². The Hall–Kier alpha value is -0.570. The van der Waals surface area contributed by atoms with E-state index in [-0.39, 0.29) is 12.1 Å². The molecule has 0 aromatic rings. The summed E-state index contributed by atoms with van der Waals surface area (Å²) >= 11 is 0. The number of carbonyl (C=O) groups excluding carboxylic acids is 1. The molecular formula is C11H21NO2. The molecule has 3 nitrogen and oxygen atoms in total. The van der Waals surface area contributed by atoms with Crippen molar-refractivity contribution in [1.29, 1.82) is 0 Å². The molecule has 0 aromatic carbocycles. The molecule has 0 bridgehead atoms. The predicted octanol–water partition coefficient (Wildman–Crippen LogP) is 1.72. The Balaban J connectivity index is 2.09. The Kier molecular flexibility index (Phi) is 4.39. The van der Waals surface area contributed by atoms with Crippen LogP contribution in [0.5, 0.6) is 0 Å². The lowest BCUT2D eigenvalue weighted by Crippen LogP contribution is -2.40.